The number of rotatable bonds is 2. The number of aromatic amines is 1. The molecule has 0 bridgehead atoms. The lowest BCUT2D eigenvalue weighted by Crippen LogP contribution is -1.80. The standard InChI is InChI=1S/C6H8N2.ClH/c1-2-3-6-7-4-5-8-6;/h2,4-5H,1,3H2,(H,7,8);1H. The molecule has 0 atom stereocenters. The predicted octanol–water partition coefficient (Wildman–Crippen LogP) is 1.56. The van der Waals surface area contributed by atoms with E-state index in [1.54, 1.807) is 12.4 Å². The quantitative estimate of drug-likeness (QED) is 0.627. The molecule has 0 aromatic carbocycles. The van der Waals surface area contributed by atoms with E-state index in [1.807, 2.05) is 6.08 Å². The highest BCUT2D eigenvalue weighted by molar-refractivity contribution is 5.85. The predicted molar refractivity (Wildman–Crippen MR) is 39.7 cm³/mol. The first-order chi connectivity index (χ1) is 3.93. The molecule has 2 nitrogen and oxygen atoms in total. The van der Waals surface area contributed by atoms with E-state index in [0.29, 0.717) is 0 Å². The summed E-state index contributed by atoms with van der Waals surface area (Å²) in [5, 5.41) is 0. The Morgan fingerprint density at radius 2 is 2.56 bits per heavy atom. The third kappa shape index (κ3) is 2.33. The molecule has 0 aliphatic rings. The molecular weight excluding hydrogens is 136 g/mol. The van der Waals surface area contributed by atoms with Gasteiger partial charge < -0.3 is 4.98 Å². The number of nitrogens with zero attached hydrogens (tertiary/aromatic N) is 1. The normalized spacial score (nSPS) is 8.00. The van der Waals surface area contributed by atoms with E-state index in [-0.39, 0.29) is 12.4 Å². The van der Waals surface area contributed by atoms with Gasteiger partial charge in [0.25, 0.3) is 0 Å². The molecule has 1 heterocycles. The van der Waals surface area contributed by atoms with Gasteiger partial charge in [-0.1, -0.05) is 6.08 Å². The SMILES string of the molecule is C=CCc1ncc[nH]1.Cl. The molecule has 0 radical (unpaired) electrons. The lowest BCUT2D eigenvalue weighted by molar-refractivity contribution is 1.06. The van der Waals surface area contributed by atoms with E-state index in [1.165, 1.54) is 0 Å². The van der Waals surface area contributed by atoms with Crippen molar-refractivity contribution in [2.75, 3.05) is 0 Å². The molecule has 1 rings (SSSR count). The summed E-state index contributed by atoms with van der Waals surface area (Å²) < 4.78 is 0. The van der Waals surface area contributed by atoms with Crippen LogP contribution in [0.1, 0.15) is 5.82 Å². The maximum Gasteiger partial charge on any atom is 0.109 e. The van der Waals surface area contributed by atoms with Crippen molar-refractivity contribution < 1.29 is 0 Å². The topological polar surface area (TPSA) is 28.7 Å². The Balaban J connectivity index is 0.000000640. The van der Waals surface area contributed by atoms with Gasteiger partial charge in [-0.05, 0) is 0 Å². The van der Waals surface area contributed by atoms with Gasteiger partial charge in [-0.3, -0.25) is 0 Å². The maximum atomic E-state index is 3.98. The third-order valence-electron chi connectivity index (χ3n) is 0.893. The molecule has 9 heavy (non-hydrogen) atoms. The average molecular weight is 145 g/mol. The van der Waals surface area contributed by atoms with E-state index >= 15 is 0 Å². The van der Waals surface area contributed by atoms with Crippen LogP contribution in [0.2, 0.25) is 0 Å². The lowest BCUT2D eigenvalue weighted by atomic mass is 10.4. The lowest BCUT2D eigenvalue weighted by Gasteiger charge is -1.82. The van der Waals surface area contributed by atoms with Crippen LogP contribution < -0.4 is 0 Å². The number of halogens is 1. The fraction of sp³-hybridized carbons (Fsp3) is 0.167. The minimum atomic E-state index is 0. The van der Waals surface area contributed by atoms with Crippen LogP contribution in [0.5, 0.6) is 0 Å². The first kappa shape index (κ1) is 8.24. The number of imidazole rings is 1. The van der Waals surface area contributed by atoms with E-state index in [9.17, 15) is 0 Å². The van der Waals surface area contributed by atoms with E-state index in [4.69, 9.17) is 0 Å². The fourth-order valence-electron chi connectivity index (χ4n) is 0.546. The van der Waals surface area contributed by atoms with Crippen molar-refractivity contribution in [1.29, 1.82) is 0 Å². The summed E-state index contributed by atoms with van der Waals surface area (Å²) in [6.07, 6.45) is 6.18. The second kappa shape index (κ2) is 4.15. The van der Waals surface area contributed by atoms with E-state index in [0.717, 1.165) is 12.2 Å². The van der Waals surface area contributed by atoms with Gasteiger partial charge in [0.2, 0.25) is 0 Å². The van der Waals surface area contributed by atoms with E-state index < -0.39 is 0 Å². The van der Waals surface area contributed by atoms with Gasteiger partial charge in [-0.15, -0.1) is 19.0 Å². The minimum absolute atomic E-state index is 0. The number of hydrogen-bond donors (Lipinski definition) is 1. The Morgan fingerprint density at radius 3 is 3.00 bits per heavy atom. The molecule has 3 heteroatoms. The molecule has 0 saturated heterocycles. The van der Waals surface area contributed by atoms with Crippen LogP contribution in [0.15, 0.2) is 25.0 Å². The van der Waals surface area contributed by atoms with E-state index in [2.05, 4.69) is 16.5 Å². The molecule has 1 aromatic heterocycles. The van der Waals surface area contributed by atoms with Gasteiger partial charge in [0.15, 0.2) is 0 Å². The van der Waals surface area contributed by atoms with Crippen molar-refractivity contribution in [2.24, 2.45) is 0 Å². The highest BCUT2D eigenvalue weighted by Gasteiger charge is 1.85. The van der Waals surface area contributed by atoms with Crippen LogP contribution in [-0.4, -0.2) is 9.97 Å². The molecular formula is C6H9ClN2. The Kier molecular flexibility index (Phi) is 3.80. The van der Waals surface area contributed by atoms with Crippen LogP contribution in [-0.2, 0) is 6.42 Å². The van der Waals surface area contributed by atoms with Crippen molar-refractivity contribution >= 4 is 12.4 Å². The number of allylic oxidation sites excluding steroid dienone is 1. The fourth-order valence-corrected chi connectivity index (χ4v) is 0.546. The summed E-state index contributed by atoms with van der Waals surface area (Å²) in [6, 6.07) is 0. The van der Waals surface area contributed by atoms with Crippen molar-refractivity contribution in [3.8, 4) is 0 Å². The zero-order chi connectivity index (χ0) is 5.82. The molecule has 1 N–H and O–H groups in total. The third-order valence-corrected chi connectivity index (χ3v) is 0.893. The van der Waals surface area contributed by atoms with Crippen LogP contribution in [0.4, 0.5) is 0 Å². The van der Waals surface area contributed by atoms with Crippen LogP contribution in [0, 0.1) is 0 Å². The van der Waals surface area contributed by atoms with Gasteiger partial charge in [0.1, 0.15) is 5.82 Å². The van der Waals surface area contributed by atoms with Gasteiger partial charge in [-0.25, -0.2) is 4.98 Å². The molecule has 0 fully saturated rings. The van der Waals surface area contributed by atoms with Crippen molar-refractivity contribution in [2.45, 2.75) is 6.42 Å². The van der Waals surface area contributed by atoms with Crippen molar-refractivity contribution in [1.82, 2.24) is 9.97 Å². The molecule has 0 spiro atoms. The second-order valence-electron chi connectivity index (χ2n) is 1.53. The summed E-state index contributed by atoms with van der Waals surface area (Å²) in [4.78, 5) is 6.93. The molecule has 0 aliphatic heterocycles. The Labute approximate surface area is 60.4 Å². The largest absolute Gasteiger partial charge is 0.348 e. The highest BCUT2D eigenvalue weighted by atomic mass is 35.5. The summed E-state index contributed by atoms with van der Waals surface area (Å²) >= 11 is 0. The molecule has 0 amide bonds. The van der Waals surface area contributed by atoms with Crippen molar-refractivity contribution in [3.05, 3.63) is 30.9 Å². The van der Waals surface area contributed by atoms with Crippen LogP contribution in [0.25, 0.3) is 0 Å². The van der Waals surface area contributed by atoms with Gasteiger partial charge in [0.05, 0.1) is 0 Å². The highest BCUT2D eigenvalue weighted by Crippen LogP contribution is 1.88. The first-order valence-electron chi connectivity index (χ1n) is 2.52. The number of H-pyrrole nitrogens is 1. The smallest absolute Gasteiger partial charge is 0.109 e. The number of hydrogen-bond acceptors (Lipinski definition) is 1. The molecule has 1 aromatic rings. The number of nitrogens with one attached hydrogen (secondary N) is 1. The van der Waals surface area contributed by atoms with Crippen molar-refractivity contribution in [3.63, 3.8) is 0 Å². The zero-order valence-corrected chi connectivity index (χ0v) is 5.82. The summed E-state index contributed by atoms with van der Waals surface area (Å²) in [5.74, 6) is 0.972. The van der Waals surface area contributed by atoms with Crippen LogP contribution >= 0.6 is 12.4 Å². The Morgan fingerprint density at radius 1 is 1.78 bits per heavy atom. The number of aromatic nitrogens is 2. The second-order valence-corrected chi connectivity index (χ2v) is 1.53. The zero-order valence-electron chi connectivity index (χ0n) is 5.00. The molecule has 0 aliphatic carbocycles. The Bertz CT molecular complexity index is 158. The van der Waals surface area contributed by atoms with Gasteiger partial charge in [-0.2, -0.15) is 0 Å². The average Bonchev–Trinajstić information content (AvgIpc) is 2.19. The van der Waals surface area contributed by atoms with Gasteiger partial charge >= 0.3 is 0 Å². The molecule has 50 valence electrons. The summed E-state index contributed by atoms with van der Waals surface area (Å²) in [7, 11) is 0. The minimum Gasteiger partial charge on any atom is -0.348 e. The van der Waals surface area contributed by atoms with Crippen LogP contribution in [0.3, 0.4) is 0 Å². The maximum absolute atomic E-state index is 3.98. The molecule has 0 saturated carbocycles. The first-order valence-corrected chi connectivity index (χ1v) is 2.52. The molecule has 0 unspecified atom stereocenters. The summed E-state index contributed by atoms with van der Waals surface area (Å²) in [6.45, 7) is 3.58. The van der Waals surface area contributed by atoms with Gasteiger partial charge in [0, 0.05) is 18.8 Å². The monoisotopic (exact) mass is 144 g/mol. The Hall–Kier alpha value is -0.760. The summed E-state index contributed by atoms with van der Waals surface area (Å²) in [5.41, 5.74) is 0.